The summed E-state index contributed by atoms with van der Waals surface area (Å²) < 4.78 is 11.2. The van der Waals surface area contributed by atoms with Crippen LogP contribution >= 0.6 is 0 Å². The molecular formula is C11H25O2Si. The number of hydrogen-bond donors (Lipinski definition) is 0. The van der Waals surface area contributed by atoms with E-state index < -0.39 is 9.28 Å². The second-order valence-corrected chi connectivity index (χ2v) is 5.21. The highest BCUT2D eigenvalue weighted by Gasteiger charge is 2.11. The van der Waals surface area contributed by atoms with Crippen molar-refractivity contribution in [2.24, 2.45) is 0 Å². The molecule has 0 spiro atoms. The fourth-order valence-electron chi connectivity index (χ4n) is 1.44. The molecule has 14 heavy (non-hydrogen) atoms. The topological polar surface area (TPSA) is 18.5 Å². The van der Waals surface area contributed by atoms with Crippen molar-refractivity contribution in [3.63, 3.8) is 0 Å². The molecule has 0 bridgehead atoms. The molecular weight excluding hydrogens is 192 g/mol. The average Bonchev–Trinajstić information content (AvgIpc) is 2.13. The van der Waals surface area contributed by atoms with Crippen LogP contribution in [0.15, 0.2) is 0 Å². The van der Waals surface area contributed by atoms with Crippen LogP contribution in [0, 0.1) is 0 Å². The second-order valence-electron chi connectivity index (χ2n) is 3.70. The molecule has 1 unspecified atom stereocenters. The minimum Gasteiger partial charge on any atom is -0.394 e. The van der Waals surface area contributed by atoms with E-state index in [1.807, 2.05) is 6.92 Å². The van der Waals surface area contributed by atoms with Crippen molar-refractivity contribution >= 4 is 9.28 Å². The van der Waals surface area contributed by atoms with Crippen LogP contribution in [0.1, 0.15) is 52.9 Å². The molecule has 0 amide bonds. The lowest BCUT2D eigenvalue weighted by atomic mass is 10.1. The van der Waals surface area contributed by atoms with Gasteiger partial charge in [-0.25, -0.2) is 0 Å². The predicted molar refractivity (Wildman–Crippen MR) is 62.6 cm³/mol. The van der Waals surface area contributed by atoms with Gasteiger partial charge in [0.15, 0.2) is 0 Å². The van der Waals surface area contributed by atoms with Crippen LogP contribution in [0.5, 0.6) is 0 Å². The lowest BCUT2D eigenvalue weighted by Gasteiger charge is -2.16. The highest BCUT2D eigenvalue weighted by molar-refractivity contribution is 6.42. The molecule has 0 N–H and O–H groups in total. The zero-order chi connectivity index (χ0) is 10.8. The molecule has 1 radical (unpaired) electrons. The van der Waals surface area contributed by atoms with Gasteiger partial charge in [0.1, 0.15) is 0 Å². The largest absolute Gasteiger partial charge is 0.394 e. The molecule has 0 rings (SSSR count). The Morgan fingerprint density at radius 3 is 2.43 bits per heavy atom. The van der Waals surface area contributed by atoms with Crippen LogP contribution in [-0.4, -0.2) is 22.0 Å². The third-order valence-corrected chi connectivity index (χ3v) is 3.61. The smallest absolute Gasteiger partial charge is 0.381 e. The Morgan fingerprint density at radius 1 is 1.14 bits per heavy atom. The molecule has 0 aliphatic carbocycles. The van der Waals surface area contributed by atoms with Crippen LogP contribution in [0.4, 0.5) is 0 Å². The van der Waals surface area contributed by atoms with Crippen molar-refractivity contribution in [3.8, 4) is 0 Å². The van der Waals surface area contributed by atoms with Crippen molar-refractivity contribution in [2.75, 3.05) is 6.61 Å². The minimum absolute atomic E-state index is 0.372. The van der Waals surface area contributed by atoms with Gasteiger partial charge in [-0.2, -0.15) is 0 Å². The Balaban J connectivity index is 3.30. The molecule has 0 heterocycles. The van der Waals surface area contributed by atoms with Crippen LogP contribution in [-0.2, 0) is 8.85 Å². The van der Waals surface area contributed by atoms with Gasteiger partial charge in [0.05, 0.1) is 0 Å². The molecule has 0 aromatic heterocycles. The van der Waals surface area contributed by atoms with E-state index in [0.29, 0.717) is 6.10 Å². The molecule has 0 aromatic carbocycles. The molecule has 1 atom stereocenters. The average molecular weight is 217 g/mol. The van der Waals surface area contributed by atoms with Gasteiger partial charge in [-0.15, -0.1) is 0 Å². The van der Waals surface area contributed by atoms with Crippen molar-refractivity contribution < 1.29 is 8.85 Å². The molecule has 0 fully saturated rings. The first-order valence-corrected chi connectivity index (χ1v) is 7.65. The van der Waals surface area contributed by atoms with E-state index in [4.69, 9.17) is 8.85 Å². The zero-order valence-electron chi connectivity index (χ0n) is 10.1. The van der Waals surface area contributed by atoms with Gasteiger partial charge < -0.3 is 8.85 Å². The highest BCUT2D eigenvalue weighted by Crippen LogP contribution is 2.08. The summed E-state index contributed by atoms with van der Waals surface area (Å²) in [6.45, 7) is 9.24. The number of unbranched alkanes of at least 4 members (excludes halogenated alkanes) is 3. The molecule has 0 saturated heterocycles. The maximum atomic E-state index is 5.75. The van der Waals surface area contributed by atoms with E-state index >= 15 is 0 Å². The van der Waals surface area contributed by atoms with E-state index in [9.17, 15) is 0 Å². The molecule has 0 aliphatic rings. The van der Waals surface area contributed by atoms with Crippen molar-refractivity contribution in [3.05, 3.63) is 0 Å². The summed E-state index contributed by atoms with van der Waals surface area (Å²) in [6, 6.07) is 0. The molecule has 0 aromatic rings. The third kappa shape index (κ3) is 8.72. The van der Waals surface area contributed by atoms with Crippen molar-refractivity contribution in [2.45, 2.75) is 65.5 Å². The van der Waals surface area contributed by atoms with Gasteiger partial charge >= 0.3 is 9.28 Å². The number of hydrogen-bond acceptors (Lipinski definition) is 2. The second kappa shape index (κ2) is 9.68. The Kier molecular flexibility index (Phi) is 9.78. The minimum atomic E-state index is -0.982. The van der Waals surface area contributed by atoms with Crippen molar-refractivity contribution in [1.29, 1.82) is 0 Å². The first kappa shape index (κ1) is 14.1. The van der Waals surface area contributed by atoms with E-state index in [1.54, 1.807) is 0 Å². The Morgan fingerprint density at radius 2 is 1.86 bits per heavy atom. The maximum Gasteiger partial charge on any atom is 0.381 e. The van der Waals surface area contributed by atoms with E-state index in [-0.39, 0.29) is 0 Å². The van der Waals surface area contributed by atoms with E-state index in [2.05, 4.69) is 20.4 Å². The molecule has 0 aliphatic heterocycles. The molecule has 85 valence electrons. The summed E-state index contributed by atoms with van der Waals surface area (Å²) in [5.74, 6) is 0. The summed E-state index contributed by atoms with van der Waals surface area (Å²) in [5.41, 5.74) is 0. The highest BCUT2D eigenvalue weighted by atomic mass is 28.3. The molecule has 0 saturated carbocycles. The van der Waals surface area contributed by atoms with E-state index in [0.717, 1.165) is 6.61 Å². The van der Waals surface area contributed by atoms with Gasteiger partial charge in [0.25, 0.3) is 0 Å². The molecule has 3 heteroatoms. The van der Waals surface area contributed by atoms with Gasteiger partial charge in [0, 0.05) is 12.7 Å². The van der Waals surface area contributed by atoms with Gasteiger partial charge in [-0.1, -0.05) is 32.6 Å². The standard InChI is InChI=1S/C11H25O2Si/c1-5-7-8-9-10-11(3)13-14(4)12-6-2/h11H,5-10H2,1-4H3. The normalized spacial score (nSPS) is 13.5. The van der Waals surface area contributed by atoms with Crippen LogP contribution < -0.4 is 0 Å². The summed E-state index contributed by atoms with van der Waals surface area (Å²) in [5, 5.41) is 0. The van der Waals surface area contributed by atoms with Gasteiger partial charge in [-0.3, -0.25) is 0 Å². The predicted octanol–water partition coefficient (Wildman–Crippen LogP) is 3.52. The Hall–Kier alpha value is 0.137. The van der Waals surface area contributed by atoms with Gasteiger partial charge in [-0.05, 0) is 26.8 Å². The lowest BCUT2D eigenvalue weighted by Crippen LogP contribution is -2.24. The quantitative estimate of drug-likeness (QED) is 0.434. The first-order valence-electron chi connectivity index (χ1n) is 5.83. The first-order chi connectivity index (χ1) is 6.70. The summed E-state index contributed by atoms with van der Waals surface area (Å²) in [6.07, 6.45) is 6.83. The SMILES string of the molecule is CCCCCCC(C)O[Si](C)OCC. The number of rotatable bonds is 9. The lowest BCUT2D eigenvalue weighted by molar-refractivity contribution is 0.146. The van der Waals surface area contributed by atoms with Gasteiger partial charge in [0.2, 0.25) is 0 Å². The maximum absolute atomic E-state index is 5.75. The third-order valence-electron chi connectivity index (χ3n) is 2.18. The monoisotopic (exact) mass is 217 g/mol. The summed E-state index contributed by atoms with van der Waals surface area (Å²) in [7, 11) is -0.982. The fourth-order valence-corrected chi connectivity index (χ4v) is 2.60. The van der Waals surface area contributed by atoms with E-state index in [1.165, 1.54) is 32.1 Å². The van der Waals surface area contributed by atoms with Crippen LogP contribution in [0.3, 0.4) is 0 Å². The summed E-state index contributed by atoms with van der Waals surface area (Å²) >= 11 is 0. The van der Waals surface area contributed by atoms with Crippen LogP contribution in [0.2, 0.25) is 6.55 Å². The Labute approximate surface area is 90.8 Å². The van der Waals surface area contributed by atoms with Crippen LogP contribution in [0.25, 0.3) is 0 Å². The summed E-state index contributed by atoms with van der Waals surface area (Å²) in [4.78, 5) is 0. The zero-order valence-corrected chi connectivity index (χ0v) is 11.1. The fraction of sp³-hybridized carbons (Fsp3) is 1.00. The Bertz CT molecular complexity index is 120. The molecule has 2 nitrogen and oxygen atoms in total. The van der Waals surface area contributed by atoms with Crippen molar-refractivity contribution in [1.82, 2.24) is 0 Å².